The molecule has 0 aliphatic rings. The molecule has 1 aromatic rings. The largest absolute Gasteiger partial charge is 0.398 e. The number of nitrogens with one attached hydrogen (secondary N) is 1. The number of aliphatic hydroxyl groups is 1. The summed E-state index contributed by atoms with van der Waals surface area (Å²) in [6, 6.07) is 5.19. The average molecular weight is 315 g/mol. The fourth-order valence-corrected chi connectivity index (χ4v) is 1.98. The van der Waals surface area contributed by atoms with Gasteiger partial charge in [0.25, 0.3) is 5.91 Å². The Kier molecular flexibility index (Phi) is 5.16. The van der Waals surface area contributed by atoms with Crippen LogP contribution < -0.4 is 11.1 Å². The number of carbonyl (C=O) groups excluding carboxylic acids is 1. The number of nitrogen functional groups attached to an aromatic ring is 1. The number of rotatable bonds is 5. The number of benzene rings is 1. The molecule has 0 aliphatic carbocycles. The quantitative estimate of drug-likeness (QED) is 0.729. The molecular weight excluding hydrogens is 296 g/mol. The van der Waals surface area contributed by atoms with Crippen LogP contribution in [0, 0.1) is 5.41 Å². The lowest BCUT2D eigenvalue weighted by Gasteiger charge is -2.24. The highest BCUT2D eigenvalue weighted by Crippen LogP contribution is 2.24. The van der Waals surface area contributed by atoms with Gasteiger partial charge in [0.2, 0.25) is 0 Å². The number of carbonyl (C=O) groups is 1. The van der Waals surface area contributed by atoms with Crippen LogP contribution in [-0.4, -0.2) is 24.2 Å². The zero-order valence-corrected chi connectivity index (χ0v) is 12.3. The summed E-state index contributed by atoms with van der Waals surface area (Å²) in [6.45, 7) is 4.62. The van der Waals surface area contributed by atoms with Gasteiger partial charge in [0.1, 0.15) is 0 Å². The van der Waals surface area contributed by atoms with Crippen LogP contribution in [0.4, 0.5) is 5.69 Å². The van der Waals surface area contributed by atoms with Crippen molar-refractivity contribution in [3.05, 3.63) is 28.2 Å². The third-order valence-electron chi connectivity index (χ3n) is 2.79. The smallest absolute Gasteiger partial charge is 0.252 e. The molecule has 0 aromatic heterocycles. The lowest BCUT2D eigenvalue weighted by Crippen LogP contribution is -2.34. The number of nitrogens with two attached hydrogens (primary N) is 1. The maximum atomic E-state index is 12.0. The Morgan fingerprint density at radius 3 is 2.78 bits per heavy atom. The van der Waals surface area contributed by atoms with Gasteiger partial charge in [0.05, 0.1) is 10.0 Å². The number of hydrogen-bond donors (Lipinski definition) is 3. The van der Waals surface area contributed by atoms with Gasteiger partial charge >= 0.3 is 0 Å². The van der Waals surface area contributed by atoms with Crippen molar-refractivity contribution in [1.29, 1.82) is 0 Å². The minimum absolute atomic E-state index is 0.116. The van der Waals surface area contributed by atoms with E-state index in [4.69, 9.17) is 10.8 Å². The van der Waals surface area contributed by atoms with Crippen LogP contribution in [0.1, 0.15) is 30.6 Å². The van der Waals surface area contributed by atoms with Gasteiger partial charge in [-0.15, -0.1) is 0 Å². The second kappa shape index (κ2) is 6.20. The maximum absolute atomic E-state index is 12.0. The molecule has 18 heavy (non-hydrogen) atoms. The van der Waals surface area contributed by atoms with Crippen molar-refractivity contribution in [2.24, 2.45) is 5.41 Å². The normalized spacial score (nSPS) is 11.3. The zero-order valence-electron chi connectivity index (χ0n) is 10.7. The van der Waals surface area contributed by atoms with Gasteiger partial charge in [-0.1, -0.05) is 19.9 Å². The molecule has 4 N–H and O–H groups in total. The number of amides is 1. The van der Waals surface area contributed by atoms with E-state index in [9.17, 15) is 4.79 Å². The first-order chi connectivity index (χ1) is 8.37. The molecule has 1 amide bonds. The molecule has 1 aromatic carbocycles. The summed E-state index contributed by atoms with van der Waals surface area (Å²) in [4.78, 5) is 12.0. The van der Waals surface area contributed by atoms with Crippen molar-refractivity contribution in [3.8, 4) is 0 Å². The van der Waals surface area contributed by atoms with Crippen LogP contribution in [0.25, 0.3) is 0 Å². The van der Waals surface area contributed by atoms with Gasteiger partial charge in [-0.2, -0.15) is 0 Å². The third-order valence-corrected chi connectivity index (χ3v) is 3.67. The van der Waals surface area contributed by atoms with Gasteiger partial charge in [0, 0.05) is 18.8 Å². The van der Waals surface area contributed by atoms with E-state index in [2.05, 4.69) is 21.2 Å². The second-order valence-electron chi connectivity index (χ2n) is 5.03. The Hall–Kier alpha value is -1.07. The Bertz CT molecular complexity index is 433. The molecule has 0 atom stereocenters. The SMILES string of the molecule is CC(C)(CCO)CNC(=O)c1cccc(N)c1Br. The lowest BCUT2D eigenvalue weighted by molar-refractivity contribution is 0.0927. The zero-order chi connectivity index (χ0) is 13.8. The van der Waals surface area contributed by atoms with Crippen LogP contribution in [0.15, 0.2) is 22.7 Å². The van der Waals surface area contributed by atoms with E-state index in [1.807, 2.05) is 13.8 Å². The first kappa shape index (κ1) is 15.0. The highest BCUT2D eigenvalue weighted by atomic mass is 79.9. The van der Waals surface area contributed by atoms with Crippen LogP contribution in [0.5, 0.6) is 0 Å². The number of anilines is 1. The molecule has 0 bridgehead atoms. The van der Waals surface area contributed by atoms with Crippen molar-refractivity contribution in [2.75, 3.05) is 18.9 Å². The fraction of sp³-hybridized carbons (Fsp3) is 0.462. The molecule has 4 nitrogen and oxygen atoms in total. The summed E-state index contributed by atoms with van der Waals surface area (Å²) in [7, 11) is 0. The first-order valence-corrected chi connectivity index (χ1v) is 6.60. The monoisotopic (exact) mass is 314 g/mol. The summed E-state index contributed by atoms with van der Waals surface area (Å²) in [5.41, 5.74) is 6.66. The summed E-state index contributed by atoms with van der Waals surface area (Å²) in [5, 5.41) is 11.8. The summed E-state index contributed by atoms with van der Waals surface area (Å²) in [5.74, 6) is -0.166. The fourth-order valence-electron chi connectivity index (χ4n) is 1.53. The Morgan fingerprint density at radius 2 is 2.17 bits per heavy atom. The van der Waals surface area contributed by atoms with Crippen LogP contribution in [0.2, 0.25) is 0 Å². The molecule has 0 heterocycles. The number of aliphatic hydroxyl groups excluding tert-OH is 1. The Balaban J connectivity index is 2.69. The Labute approximate surface area is 116 Å². The molecule has 0 unspecified atom stereocenters. The average Bonchev–Trinajstić information content (AvgIpc) is 2.30. The summed E-state index contributed by atoms with van der Waals surface area (Å²) >= 11 is 3.31. The highest BCUT2D eigenvalue weighted by Gasteiger charge is 2.19. The second-order valence-corrected chi connectivity index (χ2v) is 5.82. The molecule has 0 spiro atoms. The summed E-state index contributed by atoms with van der Waals surface area (Å²) in [6.07, 6.45) is 0.644. The number of halogens is 1. The molecule has 0 saturated heterocycles. The molecule has 100 valence electrons. The maximum Gasteiger partial charge on any atom is 0.252 e. The topological polar surface area (TPSA) is 75.3 Å². The molecule has 0 saturated carbocycles. The molecule has 0 radical (unpaired) electrons. The van der Waals surface area contributed by atoms with Crippen LogP contribution in [0.3, 0.4) is 0 Å². The van der Waals surface area contributed by atoms with Gasteiger partial charge < -0.3 is 16.2 Å². The first-order valence-electron chi connectivity index (χ1n) is 5.80. The van der Waals surface area contributed by atoms with Crippen LogP contribution >= 0.6 is 15.9 Å². The van der Waals surface area contributed by atoms with Gasteiger partial charge in [-0.05, 0) is 39.9 Å². The van der Waals surface area contributed by atoms with Crippen LogP contribution in [-0.2, 0) is 0 Å². The summed E-state index contributed by atoms with van der Waals surface area (Å²) < 4.78 is 0.613. The van der Waals surface area contributed by atoms with Gasteiger partial charge in [-0.3, -0.25) is 4.79 Å². The standard InChI is InChI=1S/C13H19BrN2O2/c1-13(2,6-7-17)8-16-12(18)9-4-3-5-10(15)11(9)14/h3-5,17H,6-8,15H2,1-2H3,(H,16,18). The molecule has 1 rings (SSSR count). The van der Waals surface area contributed by atoms with Crippen molar-refractivity contribution >= 4 is 27.5 Å². The van der Waals surface area contributed by atoms with E-state index >= 15 is 0 Å². The van der Waals surface area contributed by atoms with E-state index < -0.39 is 0 Å². The van der Waals surface area contributed by atoms with E-state index in [-0.39, 0.29) is 17.9 Å². The molecule has 5 heteroatoms. The number of hydrogen-bond acceptors (Lipinski definition) is 3. The van der Waals surface area contributed by atoms with Crippen molar-refractivity contribution in [2.45, 2.75) is 20.3 Å². The van der Waals surface area contributed by atoms with E-state index in [0.29, 0.717) is 28.7 Å². The van der Waals surface area contributed by atoms with Crippen molar-refractivity contribution in [1.82, 2.24) is 5.32 Å². The predicted octanol–water partition coefficient (Wildman–Crippen LogP) is 2.17. The van der Waals surface area contributed by atoms with Crippen molar-refractivity contribution < 1.29 is 9.90 Å². The molecule has 0 fully saturated rings. The van der Waals surface area contributed by atoms with Crippen molar-refractivity contribution in [3.63, 3.8) is 0 Å². The molecule has 0 aliphatic heterocycles. The predicted molar refractivity (Wildman–Crippen MR) is 76.4 cm³/mol. The Morgan fingerprint density at radius 1 is 1.50 bits per heavy atom. The third kappa shape index (κ3) is 3.99. The van der Waals surface area contributed by atoms with E-state index in [1.54, 1.807) is 18.2 Å². The highest BCUT2D eigenvalue weighted by molar-refractivity contribution is 9.10. The van der Waals surface area contributed by atoms with Gasteiger partial charge in [-0.25, -0.2) is 0 Å². The van der Waals surface area contributed by atoms with E-state index in [0.717, 1.165) is 0 Å². The van der Waals surface area contributed by atoms with E-state index in [1.165, 1.54) is 0 Å². The lowest BCUT2D eigenvalue weighted by atomic mass is 9.89. The molecular formula is C13H19BrN2O2. The minimum Gasteiger partial charge on any atom is -0.398 e. The minimum atomic E-state index is -0.166. The van der Waals surface area contributed by atoms with Gasteiger partial charge in [0.15, 0.2) is 0 Å².